The Bertz CT molecular complexity index is 1190. The standard InChI is InChI=1S/C22H21N5O5/c1-3-31-22(30)14-7-8-15-12-27(21(29)16(15)11-14)10-9-23-20(28)18-6-4-5-17(25-18)19-24-13(2)32-26-19/h4-8,11H,3,9-10,12H2,1-2H3,(H,23,28). The first-order chi connectivity index (χ1) is 15.5. The number of hydrogen-bond donors (Lipinski definition) is 1. The molecule has 0 fully saturated rings. The van der Waals surface area contributed by atoms with E-state index in [9.17, 15) is 14.4 Å². The zero-order valence-corrected chi connectivity index (χ0v) is 17.6. The third kappa shape index (κ3) is 4.34. The maximum absolute atomic E-state index is 12.7. The molecule has 0 atom stereocenters. The van der Waals surface area contributed by atoms with Crippen LogP contribution in [0.15, 0.2) is 40.9 Å². The molecule has 0 unspecified atom stereocenters. The molecule has 0 saturated heterocycles. The highest BCUT2D eigenvalue weighted by molar-refractivity contribution is 6.01. The van der Waals surface area contributed by atoms with Crippen molar-refractivity contribution in [2.45, 2.75) is 20.4 Å². The summed E-state index contributed by atoms with van der Waals surface area (Å²) < 4.78 is 9.94. The van der Waals surface area contributed by atoms with Crippen molar-refractivity contribution in [1.29, 1.82) is 0 Å². The summed E-state index contributed by atoms with van der Waals surface area (Å²) in [5.41, 5.74) is 2.29. The van der Waals surface area contributed by atoms with Crippen molar-refractivity contribution in [3.63, 3.8) is 0 Å². The normalized spacial score (nSPS) is 12.6. The maximum atomic E-state index is 12.7. The van der Waals surface area contributed by atoms with Gasteiger partial charge in [0.2, 0.25) is 11.7 Å². The number of amides is 2. The molecule has 3 aromatic rings. The van der Waals surface area contributed by atoms with Crippen LogP contribution in [0.1, 0.15) is 49.6 Å². The monoisotopic (exact) mass is 435 g/mol. The molecule has 1 N–H and O–H groups in total. The second-order valence-corrected chi connectivity index (χ2v) is 7.12. The molecular weight excluding hydrogens is 414 g/mol. The summed E-state index contributed by atoms with van der Waals surface area (Å²) in [7, 11) is 0. The van der Waals surface area contributed by atoms with Gasteiger partial charge in [0.1, 0.15) is 11.4 Å². The van der Waals surface area contributed by atoms with Crippen LogP contribution >= 0.6 is 0 Å². The van der Waals surface area contributed by atoms with Crippen LogP contribution in [0.2, 0.25) is 0 Å². The van der Waals surface area contributed by atoms with Crippen molar-refractivity contribution in [3.05, 3.63) is 64.7 Å². The van der Waals surface area contributed by atoms with Crippen LogP contribution in [0, 0.1) is 6.92 Å². The lowest BCUT2D eigenvalue weighted by molar-refractivity contribution is 0.0526. The molecule has 0 aliphatic carbocycles. The number of esters is 1. The lowest BCUT2D eigenvalue weighted by Gasteiger charge is -2.15. The van der Waals surface area contributed by atoms with E-state index < -0.39 is 5.97 Å². The molecule has 2 amide bonds. The van der Waals surface area contributed by atoms with Gasteiger partial charge in [-0.25, -0.2) is 9.78 Å². The van der Waals surface area contributed by atoms with E-state index in [-0.39, 0.29) is 30.7 Å². The fourth-order valence-electron chi connectivity index (χ4n) is 3.37. The zero-order chi connectivity index (χ0) is 22.7. The molecule has 0 radical (unpaired) electrons. The topological polar surface area (TPSA) is 128 Å². The smallest absolute Gasteiger partial charge is 0.338 e. The number of pyridine rings is 1. The van der Waals surface area contributed by atoms with Crippen LogP contribution in [-0.2, 0) is 11.3 Å². The van der Waals surface area contributed by atoms with E-state index in [0.717, 1.165) is 5.56 Å². The van der Waals surface area contributed by atoms with Crippen LogP contribution in [0.25, 0.3) is 11.5 Å². The summed E-state index contributed by atoms with van der Waals surface area (Å²) in [4.78, 5) is 47.1. The predicted octanol–water partition coefficient (Wildman–Crippen LogP) is 2.00. The van der Waals surface area contributed by atoms with Crippen LogP contribution < -0.4 is 5.32 Å². The van der Waals surface area contributed by atoms with Crippen LogP contribution in [-0.4, -0.2) is 57.5 Å². The van der Waals surface area contributed by atoms with Gasteiger partial charge in [0.25, 0.3) is 11.8 Å². The molecule has 0 bridgehead atoms. The molecule has 0 saturated carbocycles. The Balaban J connectivity index is 1.35. The number of nitrogens with zero attached hydrogens (tertiary/aromatic N) is 4. The van der Waals surface area contributed by atoms with Gasteiger partial charge < -0.3 is 19.5 Å². The number of aromatic nitrogens is 3. The van der Waals surface area contributed by atoms with Gasteiger partial charge in [-0.2, -0.15) is 4.98 Å². The molecule has 1 aliphatic rings. The Kier molecular flexibility index (Phi) is 5.93. The minimum atomic E-state index is -0.459. The summed E-state index contributed by atoms with van der Waals surface area (Å²) >= 11 is 0. The van der Waals surface area contributed by atoms with Crippen LogP contribution in [0.4, 0.5) is 0 Å². The molecule has 3 heterocycles. The first kappa shape index (κ1) is 21.2. The van der Waals surface area contributed by atoms with E-state index in [1.165, 1.54) is 0 Å². The molecule has 0 spiro atoms. The van der Waals surface area contributed by atoms with E-state index >= 15 is 0 Å². The second kappa shape index (κ2) is 8.96. The van der Waals surface area contributed by atoms with Crippen LogP contribution in [0.3, 0.4) is 0 Å². The third-order valence-corrected chi connectivity index (χ3v) is 4.91. The molecule has 2 aromatic heterocycles. The highest BCUT2D eigenvalue weighted by atomic mass is 16.5. The predicted molar refractivity (Wildman–Crippen MR) is 112 cm³/mol. The highest BCUT2D eigenvalue weighted by Gasteiger charge is 2.28. The minimum Gasteiger partial charge on any atom is -0.462 e. The quantitative estimate of drug-likeness (QED) is 0.558. The van der Waals surface area contributed by atoms with Crippen molar-refractivity contribution in [2.24, 2.45) is 0 Å². The Morgan fingerprint density at radius 2 is 2.06 bits per heavy atom. The van der Waals surface area contributed by atoms with E-state index in [1.54, 1.807) is 55.1 Å². The van der Waals surface area contributed by atoms with Gasteiger partial charge >= 0.3 is 5.97 Å². The molecule has 1 aromatic carbocycles. The first-order valence-electron chi connectivity index (χ1n) is 10.1. The molecular formula is C22H21N5O5. The zero-order valence-electron chi connectivity index (χ0n) is 17.6. The summed E-state index contributed by atoms with van der Waals surface area (Å²) in [5.74, 6) is -0.310. The molecule has 164 valence electrons. The maximum Gasteiger partial charge on any atom is 0.338 e. The van der Waals surface area contributed by atoms with E-state index in [4.69, 9.17) is 9.26 Å². The second-order valence-electron chi connectivity index (χ2n) is 7.12. The van der Waals surface area contributed by atoms with E-state index in [0.29, 0.717) is 41.6 Å². The highest BCUT2D eigenvalue weighted by Crippen LogP contribution is 2.24. The largest absolute Gasteiger partial charge is 0.462 e. The SMILES string of the molecule is CCOC(=O)c1ccc2c(c1)C(=O)N(CCNC(=O)c1cccc(-c3noc(C)n3)n1)C2. The number of nitrogens with one attached hydrogen (secondary N) is 1. The first-order valence-corrected chi connectivity index (χ1v) is 10.1. The Morgan fingerprint density at radius 3 is 2.81 bits per heavy atom. The van der Waals surface area contributed by atoms with Gasteiger partial charge in [0, 0.05) is 32.1 Å². The van der Waals surface area contributed by atoms with Gasteiger partial charge in [-0.3, -0.25) is 9.59 Å². The van der Waals surface area contributed by atoms with Crippen molar-refractivity contribution in [1.82, 2.24) is 25.3 Å². The number of benzene rings is 1. The lowest BCUT2D eigenvalue weighted by Crippen LogP contribution is -2.35. The number of aryl methyl sites for hydroxylation is 1. The van der Waals surface area contributed by atoms with Gasteiger partial charge in [-0.15, -0.1) is 0 Å². The number of carbonyl (C=O) groups excluding carboxylic acids is 3. The van der Waals surface area contributed by atoms with Crippen LogP contribution in [0.5, 0.6) is 0 Å². The van der Waals surface area contributed by atoms with Crippen molar-refractivity contribution in [2.75, 3.05) is 19.7 Å². The van der Waals surface area contributed by atoms with E-state index in [1.807, 2.05) is 0 Å². The Morgan fingerprint density at radius 1 is 1.22 bits per heavy atom. The summed E-state index contributed by atoms with van der Waals surface area (Å²) in [6.07, 6.45) is 0. The lowest BCUT2D eigenvalue weighted by atomic mass is 10.1. The summed E-state index contributed by atoms with van der Waals surface area (Å²) in [5, 5.41) is 6.57. The van der Waals surface area contributed by atoms with Crippen molar-refractivity contribution < 1.29 is 23.6 Å². The molecule has 10 nitrogen and oxygen atoms in total. The number of hydrogen-bond acceptors (Lipinski definition) is 8. The minimum absolute atomic E-state index is 0.187. The average molecular weight is 435 g/mol. The van der Waals surface area contributed by atoms with Gasteiger partial charge in [0.05, 0.1) is 12.2 Å². The van der Waals surface area contributed by atoms with E-state index in [2.05, 4.69) is 20.4 Å². The fraction of sp³-hybridized carbons (Fsp3) is 0.273. The molecule has 32 heavy (non-hydrogen) atoms. The van der Waals surface area contributed by atoms with Gasteiger partial charge in [-0.05, 0) is 36.8 Å². The summed E-state index contributed by atoms with van der Waals surface area (Å²) in [6, 6.07) is 9.92. The third-order valence-electron chi connectivity index (χ3n) is 4.91. The van der Waals surface area contributed by atoms with Gasteiger partial charge in [0.15, 0.2) is 0 Å². The number of carbonyl (C=O) groups is 3. The average Bonchev–Trinajstić information content (AvgIpc) is 3.37. The number of ether oxygens (including phenoxy) is 1. The molecule has 10 heteroatoms. The summed E-state index contributed by atoms with van der Waals surface area (Å²) in [6.45, 7) is 4.64. The number of rotatable bonds is 7. The van der Waals surface area contributed by atoms with Gasteiger partial charge in [-0.1, -0.05) is 17.3 Å². The van der Waals surface area contributed by atoms with Crippen molar-refractivity contribution >= 4 is 17.8 Å². The fourth-order valence-corrected chi connectivity index (χ4v) is 3.37. The van der Waals surface area contributed by atoms with Crippen molar-refractivity contribution in [3.8, 4) is 11.5 Å². The Labute approximate surface area is 183 Å². The molecule has 4 rings (SSSR count). The Hall–Kier alpha value is -4.08. The molecule has 1 aliphatic heterocycles. The number of fused-ring (bicyclic) bond motifs is 1.